The van der Waals surface area contributed by atoms with Crippen molar-refractivity contribution >= 4 is 52.5 Å². The molecule has 12 nitrogen and oxygen atoms in total. The monoisotopic (exact) mass is 661 g/mol. The number of thiophene rings is 1. The van der Waals surface area contributed by atoms with Crippen LogP contribution in [0.25, 0.3) is 10.1 Å². The molecule has 4 aliphatic heterocycles. The summed E-state index contributed by atoms with van der Waals surface area (Å²) in [5, 5.41) is 3.01. The third kappa shape index (κ3) is 4.82. The maximum atomic E-state index is 14.3. The van der Waals surface area contributed by atoms with Crippen LogP contribution in [-0.2, 0) is 25.4 Å². The van der Waals surface area contributed by atoms with Crippen LogP contribution in [0, 0.1) is 0 Å². The number of Topliss-reactive ketones (excluding diaryl/α,β-unsaturated/α-hetero) is 1. The number of rotatable bonds is 5. The molecular weight excluding hydrogens is 631 g/mol. The molecule has 16 heteroatoms. The van der Waals surface area contributed by atoms with Gasteiger partial charge in [-0.3, -0.25) is 23.7 Å². The van der Waals surface area contributed by atoms with Crippen LogP contribution in [0.5, 0.6) is 0 Å². The summed E-state index contributed by atoms with van der Waals surface area (Å²) in [6.45, 7) is 0.718. The van der Waals surface area contributed by atoms with Crippen LogP contribution in [0.3, 0.4) is 0 Å². The van der Waals surface area contributed by atoms with Crippen molar-refractivity contribution in [3.8, 4) is 0 Å². The maximum Gasteiger partial charge on any atom is 0.399 e. The van der Waals surface area contributed by atoms with Crippen LogP contribution in [0.2, 0.25) is 0 Å². The van der Waals surface area contributed by atoms with E-state index in [0.29, 0.717) is 49.3 Å². The van der Waals surface area contributed by atoms with Crippen LogP contribution >= 0.6 is 18.9 Å². The van der Waals surface area contributed by atoms with Crippen molar-refractivity contribution in [2.24, 2.45) is 0 Å². The molecule has 0 saturated carbocycles. The Hall–Kier alpha value is -3.52. The number of hydrogen-bond donors (Lipinski definition) is 3. The largest absolute Gasteiger partial charge is 0.399 e. The Labute approximate surface area is 259 Å². The van der Waals surface area contributed by atoms with Gasteiger partial charge < -0.3 is 29.5 Å². The molecule has 3 aromatic rings. The molecule has 3 saturated heterocycles. The Morgan fingerprint density at radius 1 is 1.09 bits per heavy atom. The molecule has 6 heterocycles. The Balaban J connectivity index is 1.07. The Morgan fingerprint density at radius 2 is 1.84 bits per heavy atom. The van der Waals surface area contributed by atoms with Crippen LogP contribution in [0.1, 0.15) is 70.8 Å². The SMILES string of the molecule is O=C(NC1CCCC[C@H]2CC[C@@H](C(=O)N3CC4(CC(=O)c5nccn54)C3)N2C1=O)c1cc2cc(C(F)(F)P(=O)(O)O)ccc2s1. The lowest BCUT2D eigenvalue weighted by atomic mass is 9.86. The van der Waals surface area contributed by atoms with Gasteiger partial charge in [-0.25, -0.2) is 4.98 Å². The van der Waals surface area contributed by atoms with Gasteiger partial charge in [-0.15, -0.1) is 11.3 Å². The lowest BCUT2D eigenvalue weighted by molar-refractivity contribution is -0.153. The van der Waals surface area contributed by atoms with Gasteiger partial charge >= 0.3 is 13.3 Å². The minimum atomic E-state index is -5.76. The predicted octanol–water partition coefficient (Wildman–Crippen LogP) is 3.18. The van der Waals surface area contributed by atoms with Gasteiger partial charge in [-0.05, 0) is 49.3 Å². The Bertz CT molecular complexity index is 1800. The molecule has 0 bridgehead atoms. The minimum Gasteiger partial charge on any atom is -0.340 e. The van der Waals surface area contributed by atoms with E-state index in [1.807, 2.05) is 4.57 Å². The zero-order valence-corrected chi connectivity index (χ0v) is 25.6. The molecule has 3 N–H and O–H groups in total. The van der Waals surface area contributed by atoms with E-state index in [2.05, 4.69) is 10.3 Å². The van der Waals surface area contributed by atoms with E-state index >= 15 is 0 Å². The molecular formula is C29H30F2N5O7PS. The fraction of sp³-hybridized carbons (Fsp3) is 0.483. The fourth-order valence-corrected chi connectivity index (χ4v) is 8.72. The van der Waals surface area contributed by atoms with E-state index < -0.39 is 42.4 Å². The lowest BCUT2D eigenvalue weighted by Crippen LogP contribution is -2.66. The highest BCUT2D eigenvalue weighted by Gasteiger charge is 2.56. The summed E-state index contributed by atoms with van der Waals surface area (Å²) in [4.78, 5) is 79.2. The molecule has 3 fully saturated rings. The molecule has 3 atom stereocenters. The van der Waals surface area contributed by atoms with Crippen molar-refractivity contribution in [2.75, 3.05) is 13.1 Å². The molecule has 7 rings (SSSR count). The van der Waals surface area contributed by atoms with Crippen molar-refractivity contribution in [1.82, 2.24) is 24.7 Å². The first-order valence-corrected chi connectivity index (χ1v) is 17.2. The van der Waals surface area contributed by atoms with Gasteiger partial charge in [0.25, 0.3) is 5.91 Å². The fourth-order valence-electron chi connectivity index (χ4n) is 7.30. The van der Waals surface area contributed by atoms with E-state index in [-0.39, 0.29) is 40.3 Å². The van der Waals surface area contributed by atoms with Crippen LogP contribution in [0.15, 0.2) is 36.7 Å². The number of amides is 3. The number of likely N-dealkylation sites (tertiary alicyclic amines) is 1. The lowest BCUT2D eigenvalue weighted by Gasteiger charge is -2.50. The van der Waals surface area contributed by atoms with Crippen molar-refractivity contribution in [3.05, 3.63) is 52.9 Å². The average molecular weight is 662 g/mol. The van der Waals surface area contributed by atoms with Gasteiger partial charge in [0.2, 0.25) is 17.6 Å². The van der Waals surface area contributed by atoms with Gasteiger partial charge in [0.15, 0.2) is 5.82 Å². The van der Waals surface area contributed by atoms with Gasteiger partial charge in [-0.2, -0.15) is 8.78 Å². The molecule has 1 spiro atoms. The number of carbonyl (C=O) groups is 4. The number of nitrogens with zero attached hydrogens (tertiary/aromatic N) is 4. The molecule has 238 valence electrons. The van der Waals surface area contributed by atoms with E-state index in [1.165, 1.54) is 12.1 Å². The van der Waals surface area contributed by atoms with Gasteiger partial charge in [0.1, 0.15) is 12.1 Å². The van der Waals surface area contributed by atoms with Crippen molar-refractivity contribution in [3.63, 3.8) is 0 Å². The number of nitrogens with one attached hydrogen (secondary N) is 1. The topological polar surface area (TPSA) is 162 Å². The number of ketones is 1. The van der Waals surface area contributed by atoms with Gasteiger partial charge in [0, 0.05) is 48.2 Å². The first kappa shape index (κ1) is 30.2. The van der Waals surface area contributed by atoms with Crippen molar-refractivity contribution in [2.45, 2.75) is 74.3 Å². The van der Waals surface area contributed by atoms with Crippen molar-refractivity contribution in [1.29, 1.82) is 0 Å². The summed E-state index contributed by atoms with van der Waals surface area (Å²) in [5.74, 6) is -0.737. The number of aromatic nitrogens is 2. The number of benzene rings is 1. The Kier molecular flexibility index (Phi) is 7.04. The quantitative estimate of drug-likeness (QED) is 0.352. The summed E-state index contributed by atoms with van der Waals surface area (Å²) in [6, 6.07) is 2.80. The standard InChI is InChI=1S/C29H30F2N5O7PS/c30-29(31,44(41,42)43)17-5-8-22-16(11-17)12-23(45-22)25(38)33-19-4-2-1-3-18-6-7-20(36(18)26(19)39)27(40)34-14-28(15-34)13-21(37)24-32-9-10-35(24)28/h5,8-12,18-20H,1-4,6-7,13-15H2,(H,33,38)(H2,41,42,43)/t18-,19?,20-/m0/s1. The molecule has 4 aliphatic rings. The summed E-state index contributed by atoms with van der Waals surface area (Å²) < 4.78 is 42.2. The highest BCUT2D eigenvalue weighted by atomic mass is 32.1. The zero-order chi connectivity index (χ0) is 31.9. The van der Waals surface area contributed by atoms with Crippen LogP contribution in [-0.4, -0.2) is 83.9 Å². The summed E-state index contributed by atoms with van der Waals surface area (Å²) in [7, 11) is -5.76. The second-order valence-electron chi connectivity index (χ2n) is 12.4. The van der Waals surface area contributed by atoms with Crippen LogP contribution < -0.4 is 5.32 Å². The molecule has 1 unspecified atom stereocenters. The van der Waals surface area contributed by atoms with Crippen molar-refractivity contribution < 1.29 is 42.3 Å². The number of hydrogen-bond acceptors (Lipinski definition) is 7. The number of carbonyl (C=O) groups excluding carboxylic acids is 4. The van der Waals surface area contributed by atoms with E-state index in [4.69, 9.17) is 9.79 Å². The second-order valence-corrected chi connectivity index (χ2v) is 15.1. The molecule has 45 heavy (non-hydrogen) atoms. The minimum absolute atomic E-state index is 0.0521. The van der Waals surface area contributed by atoms with Gasteiger partial charge in [-0.1, -0.05) is 18.9 Å². The normalized spacial score (nSPS) is 24.8. The number of alkyl halides is 2. The number of fused-ring (bicyclic) bond motifs is 4. The maximum absolute atomic E-state index is 14.3. The highest BCUT2D eigenvalue weighted by molar-refractivity contribution is 7.52. The van der Waals surface area contributed by atoms with E-state index in [9.17, 15) is 32.5 Å². The first-order chi connectivity index (χ1) is 21.3. The third-order valence-corrected chi connectivity index (χ3v) is 11.7. The third-order valence-electron chi connectivity index (χ3n) is 9.55. The molecule has 1 aromatic carbocycles. The summed E-state index contributed by atoms with van der Waals surface area (Å²) >= 11 is 1.01. The van der Waals surface area contributed by atoms with Crippen LogP contribution in [0.4, 0.5) is 8.78 Å². The zero-order valence-electron chi connectivity index (χ0n) is 23.9. The average Bonchev–Trinajstić information content (AvgIpc) is 3.75. The summed E-state index contributed by atoms with van der Waals surface area (Å²) in [5.41, 5.74) is -5.74. The predicted molar refractivity (Wildman–Crippen MR) is 157 cm³/mol. The molecule has 3 amide bonds. The smallest absolute Gasteiger partial charge is 0.340 e. The second kappa shape index (κ2) is 10.5. The van der Waals surface area contributed by atoms with E-state index in [0.717, 1.165) is 36.3 Å². The number of halogens is 2. The van der Waals surface area contributed by atoms with Gasteiger partial charge in [0.05, 0.1) is 10.4 Å². The molecule has 2 aromatic heterocycles. The van der Waals surface area contributed by atoms with E-state index in [1.54, 1.807) is 22.2 Å². The Morgan fingerprint density at radius 3 is 2.60 bits per heavy atom. The number of imidazole rings is 1. The summed E-state index contributed by atoms with van der Waals surface area (Å²) in [6.07, 6.45) is 7.44. The highest BCUT2D eigenvalue weighted by Crippen LogP contribution is 2.59. The first-order valence-electron chi connectivity index (χ1n) is 14.8. The molecule has 0 radical (unpaired) electrons. The molecule has 0 aliphatic carbocycles.